The lowest BCUT2D eigenvalue weighted by atomic mass is 10.2. The molecule has 90 valence electrons. The summed E-state index contributed by atoms with van der Waals surface area (Å²) >= 11 is 1.73. The summed E-state index contributed by atoms with van der Waals surface area (Å²) in [7, 11) is 0. The Hall–Kier alpha value is -1.35. The van der Waals surface area contributed by atoms with Gasteiger partial charge in [0.25, 0.3) is 0 Å². The van der Waals surface area contributed by atoms with Crippen molar-refractivity contribution in [3.63, 3.8) is 0 Å². The Kier molecular flexibility index (Phi) is 3.79. The van der Waals surface area contributed by atoms with Gasteiger partial charge in [-0.1, -0.05) is 55.5 Å². The quantitative estimate of drug-likeness (QED) is 0.875. The molecule has 1 heterocycles. The van der Waals surface area contributed by atoms with Gasteiger partial charge in [0.05, 0.1) is 10.6 Å². The number of nitrogens with one attached hydrogen (secondary N) is 1. The second kappa shape index (κ2) is 5.32. The van der Waals surface area contributed by atoms with Crippen molar-refractivity contribution in [2.24, 2.45) is 5.92 Å². The van der Waals surface area contributed by atoms with Crippen LogP contribution < -0.4 is 5.32 Å². The number of anilines is 1. The molecule has 1 N–H and O–H groups in total. The second-order valence-corrected chi connectivity index (χ2v) is 5.57. The first kappa shape index (κ1) is 12.1. The zero-order valence-electron chi connectivity index (χ0n) is 10.5. The lowest BCUT2D eigenvalue weighted by molar-refractivity contribution is 0.688. The van der Waals surface area contributed by atoms with Gasteiger partial charge in [-0.3, -0.25) is 0 Å². The van der Waals surface area contributed by atoms with Gasteiger partial charge in [0.1, 0.15) is 0 Å². The number of rotatable bonds is 4. The number of aromatic nitrogens is 1. The smallest absolute Gasteiger partial charge is 0.183 e. The summed E-state index contributed by atoms with van der Waals surface area (Å²) in [6, 6.07) is 10.4. The molecule has 0 unspecified atom stereocenters. The topological polar surface area (TPSA) is 24.9 Å². The van der Waals surface area contributed by atoms with E-state index in [0.717, 1.165) is 17.4 Å². The molecule has 0 atom stereocenters. The predicted octanol–water partition coefficient (Wildman–Crippen LogP) is 4.19. The monoisotopic (exact) mass is 246 g/mol. The fourth-order valence-electron chi connectivity index (χ4n) is 1.62. The maximum Gasteiger partial charge on any atom is 0.183 e. The van der Waals surface area contributed by atoms with Crippen molar-refractivity contribution in [1.82, 2.24) is 4.98 Å². The van der Waals surface area contributed by atoms with E-state index in [9.17, 15) is 0 Å². The van der Waals surface area contributed by atoms with Crippen molar-refractivity contribution in [2.75, 3.05) is 11.9 Å². The van der Waals surface area contributed by atoms with Crippen molar-refractivity contribution >= 4 is 16.5 Å². The predicted molar refractivity (Wildman–Crippen MR) is 75.6 cm³/mol. The molecule has 0 aliphatic carbocycles. The van der Waals surface area contributed by atoms with Crippen molar-refractivity contribution < 1.29 is 0 Å². The van der Waals surface area contributed by atoms with Crippen LogP contribution >= 0.6 is 11.3 Å². The number of hydrogen-bond donors (Lipinski definition) is 1. The standard InChI is InChI=1S/C14H18N2S/c1-10(2)9-15-14-16-11(3)13(17-14)12-7-5-4-6-8-12/h4-8,10H,9H2,1-3H3,(H,15,16). The number of thiazole rings is 1. The van der Waals surface area contributed by atoms with Crippen molar-refractivity contribution in [1.29, 1.82) is 0 Å². The molecule has 2 rings (SSSR count). The van der Waals surface area contributed by atoms with Crippen LogP contribution in [0.25, 0.3) is 10.4 Å². The molecular weight excluding hydrogens is 228 g/mol. The first-order chi connectivity index (χ1) is 8.16. The number of nitrogens with zero attached hydrogens (tertiary/aromatic N) is 1. The average molecular weight is 246 g/mol. The van der Waals surface area contributed by atoms with Crippen LogP contribution in [0.15, 0.2) is 30.3 Å². The van der Waals surface area contributed by atoms with E-state index in [2.05, 4.69) is 55.3 Å². The highest BCUT2D eigenvalue weighted by Crippen LogP contribution is 2.32. The van der Waals surface area contributed by atoms with Crippen LogP contribution in [0, 0.1) is 12.8 Å². The highest BCUT2D eigenvalue weighted by molar-refractivity contribution is 7.19. The van der Waals surface area contributed by atoms with E-state index in [1.165, 1.54) is 10.4 Å². The van der Waals surface area contributed by atoms with Crippen LogP contribution in [0.3, 0.4) is 0 Å². The lowest BCUT2D eigenvalue weighted by Gasteiger charge is -2.04. The molecule has 3 heteroatoms. The third kappa shape index (κ3) is 3.07. The molecule has 0 saturated carbocycles. The molecule has 0 fully saturated rings. The van der Waals surface area contributed by atoms with Crippen LogP contribution in [0.2, 0.25) is 0 Å². The van der Waals surface area contributed by atoms with E-state index >= 15 is 0 Å². The van der Waals surface area contributed by atoms with Crippen molar-refractivity contribution in [2.45, 2.75) is 20.8 Å². The van der Waals surface area contributed by atoms with Crippen LogP contribution in [0.5, 0.6) is 0 Å². The van der Waals surface area contributed by atoms with Gasteiger partial charge in [0.15, 0.2) is 5.13 Å². The highest BCUT2D eigenvalue weighted by atomic mass is 32.1. The molecular formula is C14H18N2S. The molecule has 1 aromatic heterocycles. The van der Waals surface area contributed by atoms with Crippen LogP contribution in [-0.2, 0) is 0 Å². The van der Waals surface area contributed by atoms with Gasteiger partial charge in [-0.15, -0.1) is 0 Å². The summed E-state index contributed by atoms with van der Waals surface area (Å²) in [6.45, 7) is 7.44. The summed E-state index contributed by atoms with van der Waals surface area (Å²) in [5, 5.41) is 4.41. The summed E-state index contributed by atoms with van der Waals surface area (Å²) in [4.78, 5) is 5.83. The van der Waals surface area contributed by atoms with Crippen molar-refractivity contribution in [3.8, 4) is 10.4 Å². The summed E-state index contributed by atoms with van der Waals surface area (Å²) in [6.07, 6.45) is 0. The van der Waals surface area contributed by atoms with Gasteiger partial charge in [0.2, 0.25) is 0 Å². The Labute approximate surface area is 107 Å². The SMILES string of the molecule is Cc1nc(NCC(C)C)sc1-c1ccccc1. The highest BCUT2D eigenvalue weighted by Gasteiger charge is 2.09. The molecule has 0 bridgehead atoms. The molecule has 17 heavy (non-hydrogen) atoms. The summed E-state index contributed by atoms with van der Waals surface area (Å²) < 4.78 is 0. The Morgan fingerprint density at radius 1 is 1.24 bits per heavy atom. The van der Waals surface area contributed by atoms with E-state index in [0.29, 0.717) is 5.92 Å². The summed E-state index contributed by atoms with van der Waals surface area (Å²) in [5.41, 5.74) is 2.35. The van der Waals surface area contributed by atoms with Gasteiger partial charge >= 0.3 is 0 Å². The normalized spacial score (nSPS) is 10.8. The number of hydrogen-bond acceptors (Lipinski definition) is 3. The van der Waals surface area contributed by atoms with Crippen LogP contribution in [0.4, 0.5) is 5.13 Å². The van der Waals surface area contributed by atoms with Gasteiger partial charge < -0.3 is 5.32 Å². The summed E-state index contributed by atoms with van der Waals surface area (Å²) in [5.74, 6) is 0.638. The molecule has 0 aliphatic rings. The van der Waals surface area contributed by atoms with Gasteiger partial charge in [0, 0.05) is 6.54 Å². The molecule has 0 radical (unpaired) electrons. The minimum absolute atomic E-state index is 0.638. The van der Waals surface area contributed by atoms with Gasteiger partial charge in [-0.2, -0.15) is 0 Å². The first-order valence-electron chi connectivity index (χ1n) is 5.93. The van der Waals surface area contributed by atoms with E-state index in [-0.39, 0.29) is 0 Å². The minimum atomic E-state index is 0.638. The maximum absolute atomic E-state index is 4.57. The molecule has 1 aromatic carbocycles. The largest absolute Gasteiger partial charge is 0.361 e. The number of benzene rings is 1. The molecule has 0 saturated heterocycles. The molecule has 0 amide bonds. The Morgan fingerprint density at radius 2 is 1.94 bits per heavy atom. The Morgan fingerprint density at radius 3 is 2.59 bits per heavy atom. The zero-order chi connectivity index (χ0) is 12.3. The second-order valence-electron chi connectivity index (χ2n) is 4.57. The number of aryl methyl sites for hydroxylation is 1. The molecule has 0 aliphatic heterocycles. The average Bonchev–Trinajstić information content (AvgIpc) is 2.69. The molecule has 0 spiro atoms. The lowest BCUT2D eigenvalue weighted by Crippen LogP contribution is -2.07. The van der Waals surface area contributed by atoms with Gasteiger partial charge in [-0.05, 0) is 18.4 Å². The fraction of sp³-hybridized carbons (Fsp3) is 0.357. The Balaban J connectivity index is 2.20. The van der Waals surface area contributed by atoms with E-state index in [1.54, 1.807) is 11.3 Å². The van der Waals surface area contributed by atoms with E-state index < -0.39 is 0 Å². The third-order valence-electron chi connectivity index (χ3n) is 2.49. The van der Waals surface area contributed by atoms with Crippen molar-refractivity contribution in [3.05, 3.63) is 36.0 Å². The van der Waals surface area contributed by atoms with Crippen LogP contribution in [0.1, 0.15) is 19.5 Å². The van der Waals surface area contributed by atoms with E-state index in [1.807, 2.05) is 6.07 Å². The first-order valence-corrected chi connectivity index (χ1v) is 6.75. The maximum atomic E-state index is 4.57. The molecule has 2 aromatic rings. The third-order valence-corrected chi connectivity index (χ3v) is 3.66. The Bertz CT molecular complexity index is 474. The van der Waals surface area contributed by atoms with E-state index in [4.69, 9.17) is 0 Å². The van der Waals surface area contributed by atoms with Crippen LogP contribution in [-0.4, -0.2) is 11.5 Å². The minimum Gasteiger partial charge on any atom is -0.361 e. The van der Waals surface area contributed by atoms with Gasteiger partial charge in [-0.25, -0.2) is 4.98 Å². The fourth-order valence-corrected chi connectivity index (χ4v) is 2.60. The molecule has 2 nitrogen and oxygen atoms in total. The zero-order valence-corrected chi connectivity index (χ0v) is 11.3.